The number of ether oxygens (including phenoxy) is 3. The molecule has 7 nitrogen and oxygen atoms in total. The van der Waals surface area contributed by atoms with Gasteiger partial charge in [0.25, 0.3) is 5.91 Å². The Labute approximate surface area is 203 Å². The van der Waals surface area contributed by atoms with Gasteiger partial charge in [0.15, 0.2) is 23.8 Å². The third kappa shape index (κ3) is 5.39. The van der Waals surface area contributed by atoms with E-state index in [1.54, 1.807) is 31.7 Å². The SMILES string of the molecule is COc1ccc(-c2nc(C(=O)OCC(=O)NC(C)c3ccc4c(c3)CCCC4)cs2)cc1OC. The number of hydrogen-bond acceptors (Lipinski definition) is 7. The van der Waals surface area contributed by atoms with Crippen molar-refractivity contribution in [3.63, 3.8) is 0 Å². The summed E-state index contributed by atoms with van der Waals surface area (Å²) in [4.78, 5) is 29.2. The predicted molar refractivity (Wildman–Crippen MR) is 131 cm³/mol. The third-order valence-electron chi connectivity index (χ3n) is 5.93. The zero-order chi connectivity index (χ0) is 24.1. The number of methoxy groups -OCH3 is 2. The molecular formula is C26H28N2O5S. The molecule has 1 unspecified atom stereocenters. The monoisotopic (exact) mass is 480 g/mol. The van der Waals surface area contributed by atoms with Gasteiger partial charge >= 0.3 is 5.97 Å². The van der Waals surface area contributed by atoms with Crippen LogP contribution in [0.5, 0.6) is 11.5 Å². The molecular weight excluding hydrogens is 452 g/mol. The Kier molecular flexibility index (Phi) is 7.47. The Morgan fingerprint density at radius 1 is 1.03 bits per heavy atom. The number of amides is 1. The van der Waals surface area contributed by atoms with E-state index >= 15 is 0 Å². The second-order valence-corrected chi connectivity index (χ2v) is 9.07. The quantitative estimate of drug-likeness (QED) is 0.469. The van der Waals surface area contributed by atoms with Crippen molar-refractivity contribution >= 4 is 23.2 Å². The van der Waals surface area contributed by atoms with Crippen LogP contribution in [0.4, 0.5) is 0 Å². The second kappa shape index (κ2) is 10.7. The molecule has 178 valence electrons. The van der Waals surface area contributed by atoms with Gasteiger partial charge in [0, 0.05) is 10.9 Å². The molecule has 1 heterocycles. The lowest BCUT2D eigenvalue weighted by Gasteiger charge is -2.20. The Morgan fingerprint density at radius 3 is 2.56 bits per heavy atom. The lowest BCUT2D eigenvalue weighted by atomic mass is 9.89. The highest BCUT2D eigenvalue weighted by molar-refractivity contribution is 7.13. The minimum atomic E-state index is -0.639. The van der Waals surface area contributed by atoms with Gasteiger partial charge in [0.2, 0.25) is 0 Å². The first-order valence-corrected chi connectivity index (χ1v) is 12.1. The van der Waals surface area contributed by atoms with Crippen molar-refractivity contribution in [2.75, 3.05) is 20.8 Å². The average Bonchev–Trinajstić information content (AvgIpc) is 3.37. The number of carbonyl (C=O) groups excluding carboxylic acids is 2. The van der Waals surface area contributed by atoms with Gasteiger partial charge < -0.3 is 19.5 Å². The number of rotatable bonds is 8. The summed E-state index contributed by atoms with van der Waals surface area (Å²) in [6.07, 6.45) is 4.65. The van der Waals surface area contributed by atoms with Gasteiger partial charge in [0.1, 0.15) is 5.01 Å². The number of carbonyl (C=O) groups is 2. The van der Waals surface area contributed by atoms with E-state index in [0.29, 0.717) is 16.5 Å². The molecule has 34 heavy (non-hydrogen) atoms. The third-order valence-corrected chi connectivity index (χ3v) is 6.82. The minimum Gasteiger partial charge on any atom is -0.493 e. The molecule has 1 aromatic heterocycles. The van der Waals surface area contributed by atoms with Crippen LogP contribution < -0.4 is 14.8 Å². The fraction of sp³-hybridized carbons (Fsp3) is 0.346. The highest BCUT2D eigenvalue weighted by Gasteiger charge is 2.18. The molecule has 1 amide bonds. The van der Waals surface area contributed by atoms with Crippen LogP contribution in [-0.2, 0) is 22.4 Å². The predicted octanol–water partition coefficient (Wildman–Crippen LogP) is 4.74. The van der Waals surface area contributed by atoms with Gasteiger partial charge in [-0.25, -0.2) is 9.78 Å². The van der Waals surface area contributed by atoms with Gasteiger partial charge in [-0.05, 0) is 67.5 Å². The summed E-state index contributed by atoms with van der Waals surface area (Å²) in [5, 5.41) is 5.16. The van der Waals surface area contributed by atoms with E-state index in [-0.39, 0.29) is 24.2 Å². The molecule has 1 atom stereocenters. The van der Waals surface area contributed by atoms with Gasteiger partial charge in [-0.2, -0.15) is 0 Å². The molecule has 1 aliphatic carbocycles. The summed E-state index contributed by atoms with van der Waals surface area (Å²) in [6, 6.07) is 11.6. The van der Waals surface area contributed by atoms with E-state index in [9.17, 15) is 9.59 Å². The number of aryl methyl sites for hydroxylation is 2. The number of fused-ring (bicyclic) bond motifs is 1. The maximum Gasteiger partial charge on any atom is 0.358 e. The first-order chi connectivity index (χ1) is 16.5. The van der Waals surface area contributed by atoms with Crippen molar-refractivity contribution in [1.29, 1.82) is 0 Å². The van der Waals surface area contributed by atoms with Gasteiger partial charge in [-0.15, -0.1) is 11.3 Å². The molecule has 0 fully saturated rings. The summed E-state index contributed by atoms with van der Waals surface area (Å²) in [5.41, 5.74) is 4.77. The Bertz CT molecular complexity index is 1190. The summed E-state index contributed by atoms with van der Waals surface area (Å²) in [5.74, 6) is 0.190. The van der Waals surface area contributed by atoms with Crippen molar-refractivity contribution < 1.29 is 23.8 Å². The molecule has 0 aliphatic heterocycles. The molecule has 2 aromatic carbocycles. The highest BCUT2D eigenvalue weighted by atomic mass is 32.1. The van der Waals surface area contributed by atoms with E-state index in [1.807, 2.05) is 13.0 Å². The summed E-state index contributed by atoms with van der Waals surface area (Å²) >= 11 is 1.31. The average molecular weight is 481 g/mol. The smallest absolute Gasteiger partial charge is 0.358 e. The van der Waals surface area contributed by atoms with Crippen LogP contribution in [0, 0.1) is 0 Å². The number of thiazole rings is 1. The maximum absolute atomic E-state index is 12.4. The number of nitrogens with one attached hydrogen (secondary N) is 1. The largest absolute Gasteiger partial charge is 0.493 e. The minimum absolute atomic E-state index is 0.158. The molecule has 8 heteroatoms. The lowest BCUT2D eigenvalue weighted by Crippen LogP contribution is -2.31. The van der Waals surface area contributed by atoms with Crippen LogP contribution in [-0.4, -0.2) is 37.7 Å². The number of esters is 1. The van der Waals surface area contributed by atoms with Gasteiger partial charge in [0.05, 0.1) is 20.3 Å². The van der Waals surface area contributed by atoms with Crippen LogP contribution in [0.2, 0.25) is 0 Å². The van der Waals surface area contributed by atoms with Crippen molar-refractivity contribution in [2.45, 2.75) is 38.6 Å². The van der Waals surface area contributed by atoms with Crippen LogP contribution in [0.1, 0.15) is 53.0 Å². The van der Waals surface area contributed by atoms with Crippen LogP contribution >= 0.6 is 11.3 Å². The number of benzene rings is 2. The fourth-order valence-corrected chi connectivity index (χ4v) is 4.85. The van der Waals surface area contributed by atoms with Crippen LogP contribution in [0.3, 0.4) is 0 Å². The molecule has 0 radical (unpaired) electrons. The first-order valence-electron chi connectivity index (χ1n) is 11.2. The lowest BCUT2D eigenvalue weighted by molar-refractivity contribution is -0.124. The molecule has 4 rings (SSSR count). The van der Waals surface area contributed by atoms with Crippen molar-refractivity contribution in [1.82, 2.24) is 10.3 Å². The molecule has 1 aliphatic rings. The van der Waals surface area contributed by atoms with Crippen molar-refractivity contribution in [3.8, 4) is 22.1 Å². The zero-order valence-electron chi connectivity index (χ0n) is 19.6. The Morgan fingerprint density at radius 2 is 1.79 bits per heavy atom. The maximum atomic E-state index is 12.4. The van der Waals surface area contributed by atoms with Crippen molar-refractivity contribution in [3.05, 3.63) is 64.2 Å². The Balaban J connectivity index is 1.32. The molecule has 3 aromatic rings. The van der Waals surface area contributed by atoms with E-state index in [1.165, 1.54) is 35.3 Å². The summed E-state index contributed by atoms with van der Waals surface area (Å²) in [7, 11) is 3.13. The number of nitrogens with zero attached hydrogens (tertiary/aromatic N) is 1. The normalized spacial score (nSPS) is 13.5. The summed E-state index contributed by atoms with van der Waals surface area (Å²) < 4.78 is 15.8. The number of hydrogen-bond donors (Lipinski definition) is 1. The first kappa shape index (κ1) is 23.8. The number of aromatic nitrogens is 1. The zero-order valence-corrected chi connectivity index (χ0v) is 20.4. The van der Waals surface area contributed by atoms with E-state index < -0.39 is 5.97 Å². The molecule has 0 saturated heterocycles. The van der Waals surface area contributed by atoms with Crippen LogP contribution in [0.25, 0.3) is 10.6 Å². The second-order valence-electron chi connectivity index (χ2n) is 8.21. The fourth-order valence-electron chi connectivity index (χ4n) is 4.06. The Hall–Kier alpha value is -3.39. The van der Waals surface area contributed by atoms with E-state index in [2.05, 4.69) is 28.5 Å². The van der Waals surface area contributed by atoms with Gasteiger partial charge in [-0.3, -0.25) is 4.79 Å². The van der Waals surface area contributed by atoms with E-state index in [0.717, 1.165) is 24.0 Å². The highest BCUT2D eigenvalue weighted by Crippen LogP contribution is 2.33. The molecule has 0 saturated carbocycles. The van der Waals surface area contributed by atoms with E-state index in [4.69, 9.17) is 14.2 Å². The topological polar surface area (TPSA) is 86.8 Å². The molecule has 1 N–H and O–H groups in total. The standard InChI is InChI=1S/C26H28N2O5S/c1-16(18-9-8-17-6-4-5-7-19(17)12-18)27-24(29)14-33-26(30)21-15-34-25(28-21)20-10-11-22(31-2)23(13-20)32-3/h8-13,15-16H,4-7,14H2,1-3H3,(H,27,29). The van der Waals surface area contributed by atoms with Gasteiger partial charge in [-0.1, -0.05) is 18.2 Å². The molecule has 0 spiro atoms. The van der Waals surface area contributed by atoms with Crippen LogP contribution in [0.15, 0.2) is 41.8 Å². The molecule has 0 bridgehead atoms. The van der Waals surface area contributed by atoms with Crippen molar-refractivity contribution in [2.24, 2.45) is 0 Å². The summed E-state index contributed by atoms with van der Waals surface area (Å²) in [6.45, 7) is 1.57.